The lowest BCUT2D eigenvalue weighted by molar-refractivity contribution is -0.121. The molecule has 1 aromatic rings. The van der Waals surface area contributed by atoms with Gasteiger partial charge in [0, 0.05) is 20.0 Å². The molecule has 1 saturated heterocycles. The number of amides is 2. The van der Waals surface area contributed by atoms with E-state index in [4.69, 9.17) is 14.2 Å². The fraction of sp³-hybridized carbons (Fsp3) is 0.467. The molecule has 1 aromatic carbocycles. The number of cyclic esters (lactones) is 1. The van der Waals surface area contributed by atoms with Gasteiger partial charge in [0.25, 0.3) is 0 Å². The Labute approximate surface area is 128 Å². The van der Waals surface area contributed by atoms with E-state index in [1.807, 2.05) is 18.2 Å². The van der Waals surface area contributed by atoms with E-state index in [1.165, 1.54) is 4.90 Å². The molecule has 7 heteroatoms. The van der Waals surface area contributed by atoms with E-state index < -0.39 is 0 Å². The van der Waals surface area contributed by atoms with Crippen LogP contribution in [0.1, 0.15) is 18.4 Å². The third-order valence-electron chi connectivity index (χ3n) is 3.68. The molecule has 1 N–H and O–H groups in total. The number of carbonyl (C=O) groups excluding carboxylic acids is 2. The highest BCUT2D eigenvalue weighted by atomic mass is 16.7. The van der Waals surface area contributed by atoms with Gasteiger partial charge >= 0.3 is 6.09 Å². The summed E-state index contributed by atoms with van der Waals surface area (Å²) >= 11 is 0. The lowest BCUT2D eigenvalue weighted by Gasteiger charge is -2.09. The standard InChI is InChI=1S/C15H18N2O5/c1-17-8-11(22-15(17)19)3-5-14(18)16-7-10-2-4-12-13(6-10)21-9-20-12/h2,4,6,11H,3,5,7-9H2,1H3,(H,16,18). The molecule has 1 fully saturated rings. The van der Waals surface area contributed by atoms with Crippen molar-refractivity contribution in [2.45, 2.75) is 25.5 Å². The minimum atomic E-state index is -0.328. The molecule has 0 aliphatic carbocycles. The first-order valence-electron chi connectivity index (χ1n) is 7.19. The van der Waals surface area contributed by atoms with Crippen molar-refractivity contribution >= 4 is 12.0 Å². The van der Waals surface area contributed by atoms with Crippen molar-refractivity contribution < 1.29 is 23.8 Å². The Kier molecular flexibility index (Phi) is 4.04. The van der Waals surface area contributed by atoms with Gasteiger partial charge in [-0.15, -0.1) is 0 Å². The zero-order valence-corrected chi connectivity index (χ0v) is 12.3. The van der Waals surface area contributed by atoms with Gasteiger partial charge in [0.05, 0.1) is 6.54 Å². The summed E-state index contributed by atoms with van der Waals surface area (Å²) < 4.78 is 15.6. The zero-order chi connectivity index (χ0) is 15.5. The fourth-order valence-electron chi connectivity index (χ4n) is 2.43. The van der Waals surface area contributed by atoms with Crippen LogP contribution in [0.4, 0.5) is 4.79 Å². The Hall–Kier alpha value is -2.44. The molecular formula is C15H18N2O5. The summed E-state index contributed by atoms with van der Waals surface area (Å²) in [5.74, 6) is 1.36. The van der Waals surface area contributed by atoms with E-state index in [-0.39, 0.29) is 24.9 Å². The highest BCUT2D eigenvalue weighted by molar-refractivity contribution is 5.76. The lowest BCUT2D eigenvalue weighted by atomic mass is 10.1. The van der Waals surface area contributed by atoms with Crippen LogP contribution in [0.3, 0.4) is 0 Å². The molecule has 0 bridgehead atoms. The second-order valence-corrected chi connectivity index (χ2v) is 5.39. The van der Waals surface area contributed by atoms with Gasteiger partial charge < -0.3 is 24.4 Å². The number of likely N-dealkylation sites (N-methyl/N-ethyl adjacent to an activating group) is 1. The van der Waals surface area contributed by atoms with Crippen molar-refractivity contribution in [1.82, 2.24) is 10.2 Å². The van der Waals surface area contributed by atoms with Gasteiger partial charge in [-0.1, -0.05) is 6.07 Å². The SMILES string of the molecule is CN1CC(CCC(=O)NCc2ccc3c(c2)OCO3)OC1=O. The van der Waals surface area contributed by atoms with Crippen LogP contribution in [0.25, 0.3) is 0 Å². The van der Waals surface area contributed by atoms with Crippen LogP contribution in [0.5, 0.6) is 11.5 Å². The number of nitrogens with zero attached hydrogens (tertiary/aromatic N) is 1. The quantitative estimate of drug-likeness (QED) is 0.886. The number of hydrogen-bond donors (Lipinski definition) is 1. The normalized spacial score (nSPS) is 19.2. The lowest BCUT2D eigenvalue weighted by Crippen LogP contribution is -2.25. The maximum absolute atomic E-state index is 11.8. The first-order chi connectivity index (χ1) is 10.6. The minimum absolute atomic E-state index is 0.0664. The number of benzene rings is 1. The van der Waals surface area contributed by atoms with Gasteiger partial charge in [-0.05, 0) is 24.1 Å². The van der Waals surface area contributed by atoms with E-state index in [0.29, 0.717) is 31.7 Å². The molecule has 7 nitrogen and oxygen atoms in total. The summed E-state index contributed by atoms with van der Waals surface area (Å²) in [5.41, 5.74) is 0.949. The summed E-state index contributed by atoms with van der Waals surface area (Å²) in [6.07, 6.45) is 0.332. The summed E-state index contributed by atoms with van der Waals surface area (Å²) in [4.78, 5) is 24.6. The van der Waals surface area contributed by atoms with Crippen molar-refractivity contribution in [2.24, 2.45) is 0 Å². The molecule has 3 rings (SSSR count). The van der Waals surface area contributed by atoms with Crippen LogP contribution < -0.4 is 14.8 Å². The first kappa shape index (κ1) is 14.5. The van der Waals surface area contributed by atoms with Crippen molar-refractivity contribution in [1.29, 1.82) is 0 Å². The third kappa shape index (κ3) is 3.24. The fourth-order valence-corrected chi connectivity index (χ4v) is 2.43. The Morgan fingerprint density at radius 3 is 2.95 bits per heavy atom. The maximum atomic E-state index is 11.8. The van der Waals surface area contributed by atoms with Gasteiger partial charge in [0.15, 0.2) is 11.5 Å². The number of carbonyl (C=O) groups is 2. The zero-order valence-electron chi connectivity index (χ0n) is 12.3. The molecule has 2 aliphatic rings. The molecule has 2 aliphatic heterocycles. The predicted octanol–water partition coefficient (Wildman–Crippen LogP) is 1.26. The van der Waals surface area contributed by atoms with Gasteiger partial charge in [0.2, 0.25) is 12.7 Å². The molecule has 2 amide bonds. The Balaban J connectivity index is 1.42. The average molecular weight is 306 g/mol. The van der Waals surface area contributed by atoms with Crippen LogP contribution in [0.2, 0.25) is 0 Å². The maximum Gasteiger partial charge on any atom is 0.409 e. The summed E-state index contributed by atoms with van der Waals surface area (Å²) in [5, 5.41) is 2.85. The monoisotopic (exact) mass is 306 g/mol. The van der Waals surface area contributed by atoms with Crippen LogP contribution in [0.15, 0.2) is 18.2 Å². The van der Waals surface area contributed by atoms with Crippen molar-refractivity contribution in [3.8, 4) is 11.5 Å². The second-order valence-electron chi connectivity index (χ2n) is 5.39. The molecule has 22 heavy (non-hydrogen) atoms. The largest absolute Gasteiger partial charge is 0.454 e. The van der Waals surface area contributed by atoms with E-state index in [2.05, 4.69) is 5.32 Å². The molecule has 0 radical (unpaired) electrons. The highest BCUT2D eigenvalue weighted by Gasteiger charge is 2.28. The van der Waals surface area contributed by atoms with Gasteiger partial charge in [-0.2, -0.15) is 0 Å². The smallest absolute Gasteiger partial charge is 0.409 e. The van der Waals surface area contributed by atoms with Crippen molar-refractivity contribution in [3.63, 3.8) is 0 Å². The summed E-state index contributed by atoms with van der Waals surface area (Å²) in [6, 6.07) is 5.58. The molecule has 0 saturated carbocycles. The van der Waals surface area contributed by atoms with Crippen molar-refractivity contribution in [2.75, 3.05) is 20.4 Å². The average Bonchev–Trinajstić information content (AvgIpc) is 3.09. The minimum Gasteiger partial charge on any atom is -0.454 e. The van der Waals surface area contributed by atoms with Crippen LogP contribution >= 0.6 is 0 Å². The first-order valence-corrected chi connectivity index (χ1v) is 7.19. The number of ether oxygens (including phenoxy) is 3. The van der Waals surface area contributed by atoms with Crippen LogP contribution in [0, 0.1) is 0 Å². The number of nitrogens with one attached hydrogen (secondary N) is 1. The highest BCUT2D eigenvalue weighted by Crippen LogP contribution is 2.32. The number of hydrogen-bond acceptors (Lipinski definition) is 5. The molecule has 2 heterocycles. The number of fused-ring (bicyclic) bond motifs is 1. The molecule has 1 atom stereocenters. The van der Waals surface area contributed by atoms with Crippen LogP contribution in [-0.4, -0.2) is 43.4 Å². The molecule has 118 valence electrons. The summed E-state index contributed by atoms with van der Waals surface area (Å²) in [7, 11) is 1.68. The van der Waals surface area contributed by atoms with E-state index in [0.717, 1.165) is 11.3 Å². The van der Waals surface area contributed by atoms with Gasteiger partial charge in [-0.25, -0.2) is 4.79 Å². The molecule has 0 aromatic heterocycles. The van der Waals surface area contributed by atoms with Gasteiger partial charge in [-0.3, -0.25) is 4.79 Å². The van der Waals surface area contributed by atoms with E-state index in [9.17, 15) is 9.59 Å². The van der Waals surface area contributed by atoms with Crippen molar-refractivity contribution in [3.05, 3.63) is 23.8 Å². The summed E-state index contributed by atoms with van der Waals surface area (Å²) in [6.45, 7) is 1.20. The molecule has 1 unspecified atom stereocenters. The Morgan fingerprint density at radius 1 is 1.36 bits per heavy atom. The van der Waals surface area contributed by atoms with E-state index >= 15 is 0 Å². The second kappa shape index (κ2) is 6.13. The Morgan fingerprint density at radius 2 is 2.18 bits per heavy atom. The topological polar surface area (TPSA) is 77.1 Å². The third-order valence-corrected chi connectivity index (χ3v) is 3.68. The Bertz CT molecular complexity index is 589. The predicted molar refractivity (Wildman–Crippen MR) is 76.5 cm³/mol. The van der Waals surface area contributed by atoms with Crippen LogP contribution in [-0.2, 0) is 16.1 Å². The van der Waals surface area contributed by atoms with E-state index in [1.54, 1.807) is 7.05 Å². The van der Waals surface area contributed by atoms with Gasteiger partial charge in [0.1, 0.15) is 6.10 Å². The molecule has 0 spiro atoms. The number of rotatable bonds is 5. The molecular weight excluding hydrogens is 288 g/mol.